The van der Waals surface area contributed by atoms with Gasteiger partial charge in [-0.25, -0.2) is 4.39 Å². The summed E-state index contributed by atoms with van der Waals surface area (Å²) in [5, 5.41) is 12.4. The minimum atomic E-state index is -0.739. The molecule has 1 atom stereocenters. The lowest BCUT2D eigenvalue weighted by Crippen LogP contribution is -2.18. The van der Waals surface area contributed by atoms with Crippen molar-refractivity contribution in [2.45, 2.75) is 17.1 Å². The van der Waals surface area contributed by atoms with E-state index in [4.69, 9.17) is 4.74 Å². The number of hydrogen-bond acceptors (Lipinski definition) is 6. The van der Waals surface area contributed by atoms with Gasteiger partial charge < -0.3 is 10.1 Å². The zero-order valence-corrected chi connectivity index (χ0v) is 16.6. The molecule has 3 aromatic carbocycles. The molecule has 0 saturated carbocycles. The van der Waals surface area contributed by atoms with E-state index in [2.05, 4.69) is 32.6 Å². The maximum atomic E-state index is 14.5. The number of ether oxygens (including phenoxy) is 1. The van der Waals surface area contributed by atoms with Crippen LogP contribution in [0.15, 0.2) is 84.0 Å². The second-order valence-corrected chi connectivity index (χ2v) is 7.67. The lowest BCUT2D eigenvalue weighted by Gasteiger charge is -2.19. The van der Waals surface area contributed by atoms with Gasteiger partial charge in [-0.3, -0.25) is 0 Å². The zero-order valence-electron chi connectivity index (χ0n) is 15.8. The van der Waals surface area contributed by atoms with Gasteiger partial charge in [0.1, 0.15) is 5.82 Å². The Kier molecular flexibility index (Phi) is 5.03. The SMILES string of the molecule is Fc1ccccc1C1Nc2ccccc2-c2nnc(SCc3ccccc3)nc2O1. The molecule has 0 radical (unpaired) electrons. The quantitative estimate of drug-likeness (QED) is 0.445. The first-order valence-electron chi connectivity index (χ1n) is 9.46. The van der Waals surface area contributed by atoms with Crippen molar-refractivity contribution < 1.29 is 9.13 Å². The summed E-state index contributed by atoms with van der Waals surface area (Å²) in [5.74, 6) is 0.690. The van der Waals surface area contributed by atoms with Crippen LogP contribution in [-0.2, 0) is 5.75 Å². The van der Waals surface area contributed by atoms with Crippen LogP contribution in [0.3, 0.4) is 0 Å². The van der Waals surface area contributed by atoms with E-state index >= 15 is 0 Å². The van der Waals surface area contributed by atoms with Gasteiger partial charge in [-0.15, -0.1) is 10.2 Å². The average Bonchev–Trinajstić information content (AvgIpc) is 2.95. The van der Waals surface area contributed by atoms with Gasteiger partial charge in [0.25, 0.3) is 0 Å². The van der Waals surface area contributed by atoms with Gasteiger partial charge in [0, 0.05) is 22.6 Å². The molecule has 0 amide bonds. The molecule has 1 aliphatic rings. The molecule has 2 heterocycles. The molecule has 0 bridgehead atoms. The molecule has 1 unspecified atom stereocenters. The van der Waals surface area contributed by atoms with Gasteiger partial charge >= 0.3 is 0 Å². The van der Waals surface area contributed by atoms with Gasteiger partial charge in [-0.1, -0.05) is 78.5 Å². The summed E-state index contributed by atoms with van der Waals surface area (Å²) in [4.78, 5) is 4.60. The summed E-state index contributed by atoms with van der Waals surface area (Å²) in [6, 6.07) is 24.3. The highest BCUT2D eigenvalue weighted by Gasteiger charge is 2.27. The maximum Gasteiger partial charge on any atom is 0.247 e. The van der Waals surface area contributed by atoms with E-state index < -0.39 is 6.23 Å². The number of nitrogens with zero attached hydrogens (tertiary/aromatic N) is 3. The molecule has 148 valence electrons. The van der Waals surface area contributed by atoms with E-state index in [1.54, 1.807) is 18.2 Å². The molecule has 30 heavy (non-hydrogen) atoms. The molecule has 5 nitrogen and oxygen atoms in total. The maximum absolute atomic E-state index is 14.5. The third-order valence-electron chi connectivity index (χ3n) is 4.73. The van der Waals surface area contributed by atoms with Crippen molar-refractivity contribution in [2.75, 3.05) is 5.32 Å². The summed E-state index contributed by atoms with van der Waals surface area (Å²) >= 11 is 1.48. The van der Waals surface area contributed by atoms with E-state index in [-0.39, 0.29) is 5.82 Å². The fourth-order valence-corrected chi connectivity index (χ4v) is 3.99. The minimum absolute atomic E-state index is 0.325. The van der Waals surface area contributed by atoms with Gasteiger partial charge in [-0.05, 0) is 17.7 Å². The van der Waals surface area contributed by atoms with Crippen LogP contribution in [0.5, 0.6) is 5.88 Å². The van der Waals surface area contributed by atoms with Crippen LogP contribution < -0.4 is 10.1 Å². The Morgan fingerprint density at radius 1 is 0.900 bits per heavy atom. The Balaban J connectivity index is 1.52. The molecule has 0 spiro atoms. The van der Waals surface area contributed by atoms with E-state index in [0.29, 0.717) is 28.0 Å². The first-order valence-corrected chi connectivity index (χ1v) is 10.4. The van der Waals surface area contributed by atoms with Crippen molar-refractivity contribution in [3.63, 3.8) is 0 Å². The summed E-state index contributed by atoms with van der Waals surface area (Å²) < 4.78 is 20.6. The highest BCUT2D eigenvalue weighted by Crippen LogP contribution is 2.39. The Labute approximate surface area is 177 Å². The Morgan fingerprint density at radius 2 is 1.67 bits per heavy atom. The summed E-state index contributed by atoms with van der Waals surface area (Å²) in [7, 11) is 0. The predicted octanol–water partition coefficient (Wildman–Crippen LogP) is 5.47. The number of aromatic nitrogens is 3. The van der Waals surface area contributed by atoms with Crippen molar-refractivity contribution in [1.82, 2.24) is 15.2 Å². The van der Waals surface area contributed by atoms with Crippen molar-refractivity contribution in [1.29, 1.82) is 0 Å². The highest BCUT2D eigenvalue weighted by atomic mass is 32.2. The van der Waals surface area contributed by atoms with E-state index in [1.807, 2.05) is 42.5 Å². The number of thioether (sulfide) groups is 1. The highest BCUT2D eigenvalue weighted by molar-refractivity contribution is 7.98. The van der Waals surface area contributed by atoms with Crippen molar-refractivity contribution in [3.8, 4) is 17.1 Å². The van der Waals surface area contributed by atoms with E-state index in [1.165, 1.54) is 23.4 Å². The number of nitrogens with one attached hydrogen (secondary N) is 1. The molecular formula is C23H17FN4OS. The first-order chi connectivity index (χ1) is 14.8. The standard InChI is InChI=1S/C23H17FN4OS/c24-18-12-6-4-10-16(18)21-25-19-13-7-5-11-17(19)20-22(29-21)26-23(28-27-20)30-14-15-8-2-1-3-9-15/h1-13,21,25H,14H2. The van der Waals surface area contributed by atoms with Crippen LogP contribution in [0, 0.1) is 5.82 Å². The molecule has 1 aromatic heterocycles. The van der Waals surface area contributed by atoms with Crippen LogP contribution in [0.2, 0.25) is 0 Å². The normalized spacial score (nSPS) is 14.6. The zero-order chi connectivity index (χ0) is 20.3. The van der Waals surface area contributed by atoms with Crippen molar-refractivity contribution in [2.24, 2.45) is 0 Å². The molecule has 0 saturated heterocycles. The third kappa shape index (κ3) is 3.71. The molecule has 0 aliphatic carbocycles. The Morgan fingerprint density at radius 3 is 2.53 bits per heavy atom. The van der Waals surface area contributed by atoms with Crippen LogP contribution in [0.25, 0.3) is 11.3 Å². The van der Waals surface area contributed by atoms with Crippen LogP contribution >= 0.6 is 11.8 Å². The van der Waals surface area contributed by atoms with Crippen LogP contribution in [0.1, 0.15) is 17.4 Å². The Hall–Kier alpha value is -3.45. The fourth-order valence-electron chi connectivity index (χ4n) is 3.26. The summed E-state index contributed by atoms with van der Waals surface area (Å²) in [6.45, 7) is 0. The molecule has 0 fully saturated rings. The second kappa shape index (κ2) is 8.12. The lowest BCUT2D eigenvalue weighted by atomic mass is 10.1. The molecule has 5 rings (SSSR count). The predicted molar refractivity (Wildman–Crippen MR) is 115 cm³/mol. The number of hydrogen-bond donors (Lipinski definition) is 1. The fraction of sp³-hybridized carbons (Fsp3) is 0.0870. The summed E-state index contributed by atoms with van der Waals surface area (Å²) in [5.41, 5.74) is 3.69. The molecule has 1 aliphatic heterocycles. The first kappa shape index (κ1) is 18.6. The van der Waals surface area contributed by atoms with Crippen molar-refractivity contribution >= 4 is 17.4 Å². The minimum Gasteiger partial charge on any atom is -0.448 e. The largest absolute Gasteiger partial charge is 0.448 e. The van der Waals surface area contributed by atoms with Gasteiger partial charge in [0.15, 0.2) is 5.69 Å². The molecular weight excluding hydrogens is 399 g/mol. The molecule has 1 N–H and O–H groups in total. The topological polar surface area (TPSA) is 59.9 Å². The average molecular weight is 416 g/mol. The van der Waals surface area contributed by atoms with E-state index in [0.717, 1.165) is 11.3 Å². The summed E-state index contributed by atoms with van der Waals surface area (Å²) in [6.07, 6.45) is -0.739. The smallest absolute Gasteiger partial charge is 0.247 e. The number of benzene rings is 3. The molecule has 4 aromatic rings. The number of halogens is 1. The molecule has 7 heteroatoms. The number of anilines is 1. The number of rotatable bonds is 4. The Bertz CT molecular complexity index is 1190. The van der Waals surface area contributed by atoms with Crippen LogP contribution in [-0.4, -0.2) is 15.2 Å². The van der Waals surface area contributed by atoms with Crippen molar-refractivity contribution in [3.05, 3.63) is 95.8 Å². The third-order valence-corrected chi connectivity index (χ3v) is 5.64. The number of fused-ring (bicyclic) bond motifs is 3. The van der Waals surface area contributed by atoms with Gasteiger partial charge in [0.2, 0.25) is 17.3 Å². The van der Waals surface area contributed by atoms with Gasteiger partial charge in [0.05, 0.1) is 0 Å². The second-order valence-electron chi connectivity index (χ2n) is 6.73. The monoisotopic (exact) mass is 416 g/mol. The van der Waals surface area contributed by atoms with E-state index in [9.17, 15) is 4.39 Å². The number of para-hydroxylation sites is 1. The van der Waals surface area contributed by atoms with Gasteiger partial charge in [-0.2, -0.15) is 4.98 Å². The lowest BCUT2D eigenvalue weighted by molar-refractivity contribution is 0.220. The van der Waals surface area contributed by atoms with Crippen LogP contribution in [0.4, 0.5) is 10.1 Å².